The Labute approximate surface area is 427 Å². The van der Waals surface area contributed by atoms with E-state index in [4.69, 9.17) is 37.9 Å². The van der Waals surface area contributed by atoms with Gasteiger partial charge in [0.2, 0.25) is 6.10 Å². The van der Waals surface area contributed by atoms with Crippen molar-refractivity contribution in [2.24, 2.45) is 16.7 Å². The molecule has 3 aliphatic rings. The minimum absolute atomic E-state index is 0.0280. The number of Topliss-reactive ketones (excluding diaryl/α,β-unsaturated/α-hetero) is 1. The molecule has 0 spiro atoms. The summed E-state index contributed by atoms with van der Waals surface area (Å²) in [6.07, 6.45) is -12.7. The standard InChI is InChI=1S/C54H63NO19/c1-30-36(71-50(65)44(72-40(61)29-68-28-39(60)69-25-24-67-8)42(33-18-12-9-13-19-33)55-48(63)34-20-14-10-15-21-34)27-54(66)47(73-49(64)35-22-16-11-17-23-35)45-52(6,37(58)26-38(59)53(45,7)74-32(3)57)46(62)43(70-31(2)56)41(30)51(54,4)5/h9-23,36-38,42-45,47,58-59,66H,24-29H2,1-8H3,(H,55,63)/t36-,37-,38+,42-,43+,44+,45?,47-,52+,53-,54+/m0/s1. The summed E-state index contributed by atoms with van der Waals surface area (Å²) >= 11 is 0. The molecule has 398 valence electrons. The predicted molar refractivity (Wildman–Crippen MR) is 257 cm³/mol. The first-order valence-corrected chi connectivity index (χ1v) is 23.9. The summed E-state index contributed by atoms with van der Waals surface area (Å²) in [6.45, 7) is 7.40. The number of ketones is 1. The number of methoxy groups -OCH3 is 1. The number of aliphatic hydroxyl groups excluding tert-OH is 2. The molecule has 0 aliphatic heterocycles. The van der Waals surface area contributed by atoms with Crippen LogP contribution in [0.5, 0.6) is 0 Å². The van der Waals surface area contributed by atoms with Crippen LogP contribution in [0.25, 0.3) is 0 Å². The van der Waals surface area contributed by atoms with E-state index in [0.717, 1.165) is 13.8 Å². The van der Waals surface area contributed by atoms with Crippen LogP contribution in [0.2, 0.25) is 0 Å². The molecule has 2 bridgehead atoms. The van der Waals surface area contributed by atoms with Gasteiger partial charge in [0.25, 0.3) is 5.91 Å². The molecule has 74 heavy (non-hydrogen) atoms. The second-order valence-corrected chi connectivity index (χ2v) is 19.5. The van der Waals surface area contributed by atoms with Gasteiger partial charge in [-0.3, -0.25) is 19.2 Å². The van der Waals surface area contributed by atoms with Crippen molar-refractivity contribution in [2.45, 2.75) is 115 Å². The number of benzene rings is 3. The Morgan fingerprint density at radius 2 is 1.32 bits per heavy atom. The van der Waals surface area contributed by atoms with Crippen LogP contribution in [0, 0.1) is 16.7 Å². The number of aliphatic hydroxyl groups is 3. The number of carbonyl (C=O) groups excluding carboxylic acids is 8. The third kappa shape index (κ3) is 11.4. The molecule has 4 N–H and O–H groups in total. The topological polar surface area (TPSA) is 283 Å². The molecule has 1 unspecified atom stereocenters. The lowest BCUT2D eigenvalue weighted by atomic mass is 9.45. The summed E-state index contributed by atoms with van der Waals surface area (Å²) in [4.78, 5) is 111. The van der Waals surface area contributed by atoms with Crippen molar-refractivity contribution in [1.29, 1.82) is 0 Å². The van der Waals surface area contributed by atoms with Gasteiger partial charge in [0.1, 0.15) is 49.3 Å². The van der Waals surface area contributed by atoms with E-state index in [-0.39, 0.29) is 41.1 Å². The highest BCUT2D eigenvalue weighted by atomic mass is 16.6. The first-order valence-electron chi connectivity index (χ1n) is 23.9. The molecule has 20 nitrogen and oxygen atoms in total. The van der Waals surface area contributed by atoms with Gasteiger partial charge < -0.3 is 58.5 Å². The van der Waals surface area contributed by atoms with Crippen LogP contribution in [-0.4, -0.2) is 144 Å². The minimum Gasteiger partial charge on any atom is -0.462 e. The molecule has 0 saturated heterocycles. The van der Waals surface area contributed by atoms with Crippen LogP contribution < -0.4 is 5.32 Å². The Kier molecular flexibility index (Phi) is 17.7. The van der Waals surface area contributed by atoms with Crippen LogP contribution >= 0.6 is 0 Å². The number of rotatable bonds is 18. The second-order valence-electron chi connectivity index (χ2n) is 19.5. The Hall–Kier alpha value is -6.84. The second kappa shape index (κ2) is 23.1. The fraction of sp³-hybridized carbons (Fsp3) is 0.481. The molecule has 20 heteroatoms. The van der Waals surface area contributed by atoms with E-state index in [9.17, 15) is 44.1 Å². The van der Waals surface area contributed by atoms with Crippen molar-refractivity contribution in [2.75, 3.05) is 33.5 Å². The van der Waals surface area contributed by atoms with Gasteiger partial charge in [-0.15, -0.1) is 0 Å². The van der Waals surface area contributed by atoms with E-state index in [1.807, 2.05) is 0 Å². The highest BCUT2D eigenvalue weighted by Gasteiger charge is 2.75. The summed E-state index contributed by atoms with van der Waals surface area (Å²) in [5, 5.41) is 40.6. The molecular formula is C54H63NO19. The Bertz CT molecular complexity index is 2600. The molecule has 2 fully saturated rings. The molecule has 1 amide bonds. The van der Waals surface area contributed by atoms with E-state index in [0.29, 0.717) is 0 Å². The smallest absolute Gasteiger partial charge is 0.350 e. The molecule has 11 atom stereocenters. The first kappa shape index (κ1) is 56.5. The van der Waals surface area contributed by atoms with Gasteiger partial charge in [-0.2, -0.15) is 0 Å². The number of fused-ring (bicyclic) bond motifs is 3. The van der Waals surface area contributed by atoms with E-state index in [1.54, 1.807) is 66.7 Å². The fourth-order valence-corrected chi connectivity index (χ4v) is 10.6. The zero-order valence-corrected chi connectivity index (χ0v) is 42.4. The molecule has 6 rings (SSSR count). The van der Waals surface area contributed by atoms with Gasteiger partial charge in [-0.05, 0) is 61.7 Å². The number of ether oxygens (including phenoxy) is 8. The Morgan fingerprint density at radius 1 is 0.743 bits per heavy atom. The van der Waals surface area contributed by atoms with Crippen molar-refractivity contribution in [3.8, 4) is 0 Å². The van der Waals surface area contributed by atoms with Crippen molar-refractivity contribution < 1.29 is 91.6 Å². The molecule has 0 heterocycles. The summed E-state index contributed by atoms with van der Waals surface area (Å²) in [6, 6.07) is 21.9. The molecule has 0 aromatic heterocycles. The maximum Gasteiger partial charge on any atom is 0.350 e. The maximum atomic E-state index is 15.7. The molecule has 0 radical (unpaired) electrons. The molecule has 3 aromatic rings. The maximum absolute atomic E-state index is 15.7. The zero-order valence-electron chi connectivity index (χ0n) is 42.4. The van der Waals surface area contributed by atoms with Crippen molar-refractivity contribution in [3.05, 3.63) is 119 Å². The van der Waals surface area contributed by atoms with Crippen LogP contribution in [-0.2, 0) is 66.7 Å². The van der Waals surface area contributed by atoms with Gasteiger partial charge >= 0.3 is 35.8 Å². The summed E-state index contributed by atoms with van der Waals surface area (Å²) in [7, 11) is 1.41. The van der Waals surface area contributed by atoms with Gasteiger partial charge in [-0.25, -0.2) is 19.2 Å². The molecule has 3 aliphatic carbocycles. The number of hydrogen-bond donors (Lipinski definition) is 4. The van der Waals surface area contributed by atoms with Gasteiger partial charge in [-0.1, -0.05) is 80.6 Å². The largest absolute Gasteiger partial charge is 0.462 e. The van der Waals surface area contributed by atoms with Crippen LogP contribution in [0.3, 0.4) is 0 Å². The summed E-state index contributed by atoms with van der Waals surface area (Å²) < 4.78 is 45.4. The third-order valence-corrected chi connectivity index (χ3v) is 14.4. The number of carbonyl (C=O) groups is 8. The van der Waals surface area contributed by atoms with Gasteiger partial charge in [0.05, 0.1) is 35.7 Å². The number of esters is 6. The zero-order chi connectivity index (χ0) is 54.3. The van der Waals surface area contributed by atoms with E-state index < -0.39 is 144 Å². The average Bonchev–Trinajstić information content (AvgIpc) is 3.35. The highest BCUT2D eigenvalue weighted by Crippen LogP contribution is 2.62. The van der Waals surface area contributed by atoms with Crippen LogP contribution in [0.4, 0.5) is 0 Å². The predicted octanol–water partition coefficient (Wildman–Crippen LogP) is 3.47. The SMILES string of the molecule is COCCOC(=O)COCC(=O)O[C@@H](C(=O)O[C@H]1C[C@@]2(O)[C@@H](OC(=O)c3ccccc3)C3[C@](C)(C(=O)[C@H](OC(C)=O)C(=C1C)C2(C)C)[C@@H](O)C[C@@H](O)[C@]3(C)OC(C)=O)[C@@H](NC(=O)c1ccccc1)c1ccccc1. The van der Waals surface area contributed by atoms with Crippen molar-refractivity contribution in [3.63, 3.8) is 0 Å². The molecular weight excluding hydrogens is 967 g/mol. The minimum atomic E-state index is -2.60. The first-order chi connectivity index (χ1) is 34.9. The van der Waals surface area contributed by atoms with Crippen LogP contribution in [0.1, 0.15) is 93.6 Å². The lowest BCUT2D eigenvalue weighted by Crippen LogP contribution is -2.77. The lowest BCUT2D eigenvalue weighted by Gasteiger charge is -2.64. The Morgan fingerprint density at radius 3 is 1.91 bits per heavy atom. The quantitative estimate of drug-likeness (QED) is 0.0614. The van der Waals surface area contributed by atoms with E-state index in [1.165, 1.54) is 66.0 Å². The van der Waals surface area contributed by atoms with Crippen LogP contribution in [0.15, 0.2) is 102 Å². The van der Waals surface area contributed by atoms with E-state index >= 15 is 9.59 Å². The Balaban J connectivity index is 1.53. The molecule has 3 aromatic carbocycles. The van der Waals surface area contributed by atoms with Gasteiger partial charge in [0.15, 0.2) is 11.9 Å². The summed E-state index contributed by atoms with van der Waals surface area (Å²) in [5.74, 6) is -9.94. The van der Waals surface area contributed by atoms with Crippen molar-refractivity contribution >= 4 is 47.5 Å². The van der Waals surface area contributed by atoms with Crippen molar-refractivity contribution in [1.82, 2.24) is 5.32 Å². The van der Waals surface area contributed by atoms with Gasteiger partial charge in [0, 0.05) is 44.8 Å². The fourth-order valence-electron chi connectivity index (χ4n) is 10.6. The molecule has 2 saturated carbocycles. The lowest BCUT2D eigenvalue weighted by molar-refractivity contribution is -0.279. The normalized spacial score (nSPS) is 27.9. The highest BCUT2D eigenvalue weighted by molar-refractivity contribution is 5.96. The summed E-state index contributed by atoms with van der Waals surface area (Å²) in [5.41, 5.74) is -8.66. The number of hydrogen-bond acceptors (Lipinski definition) is 19. The average molecular weight is 1030 g/mol. The third-order valence-electron chi connectivity index (χ3n) is 14.4. The monoisotopic (exact) mass is 1030 g/mol. The number of amides is 1. The number of nitrogens with one attached hydrogen (secondary N) is 1. The van der Waals surface area contributed by atoms with E-state index in [2.05, 4.69) is 5.32 Å².